The van der Waals surface area contributed by atoms with Crippen molar-refractivity contribution in [2.24, 2.45) is 17.8 Å². The molecule has 1 fully saturated rings. The zero-order chi connectivity index (χ0) is 13.7. The zero-order valence-corrected chi connectivity index (χ0v) is 12.5. The first-order valence-corrected chi connectivity index (χ1v) is 7.71. The van der Waals surface area contributed by atoms with E-state index in [0.717, 1.165) is 30.5 Å². The van der Waals surface area contributed by atoms with Crippen molar-refractivity contribution in [2.75, 3.05) is 6.54 Å². The van der Waals surface area contributed by atoms with Gasteiger partial charge in [-0.25, -0.2) is 0 Å². The molecule has 1 saturated carbocycles. The van der Waals surface area contributed by atoms with Gasteiger partial charge in [0, 0.05) is 18.6 Å². The number of hydrogen-bond acceptors (Lipinski definition) is 3. The van der Waals surface area contributed by atoms with Crippen molar-refractivity contribution in [1.29, 1.82) is 0 Å². The van der Waals surface area contributed by atoms with Crippen LogP contribution in [0.3, 0.4) is 0 Å². The lowest BCUT2D eigenvalue weighted by atomic mass is 9.72. The molecule has 1 aliphatic carbocycles. The molecule has 1 heterocycles. The van der Waals surface area contributed by atoms with E-state index < -0.39 is 0 Å². The maximum atomic E-state index is 4.53. The molecule has 3 nitrogen and oxygen atoms in total. The van der Waals surface area contributed by atoms with Crippen LogP contribution >= 0.6 is 0 Å². The fraction of sp³-hybridized carbons (Fsp3) is 0.750. The molecule has 0 saturated heterocycles. The van der Waals surface area contributed by atoms with Crippen molar-refractivity contribution in [3.63, 3.8) is 0 Å². The van der Waals surface area contributed by atoms with E-state index in [9.17, 15) is 0 Å². The van der Waals surface area contributed by atoms with Crippen LogP contribution in [0.1, 0.15) is 58.2 Å². The Kier molecular flexibility index (Phi) is 5.32. The van der Waals surface area contributed by atoms with E-state index in [1.165, 1.54) is 19.3 Å². The quantitative estimate of drug-likeness (QED) is 0.880. The van der Waals surface area contributed by atoms with E-state index >= 15 is 0 Å². The maximum absolute atomic E-state index is 4.53. The summed E-state index contributed by atoms with van der Waals surface area (Å²) in [5.41, 5.74) is 1.11. The Morgan fingerprint density at radius 2 is 2.11 bits per heavy atom. The summed E-state index contributed by atoms with van der Waals surface area (Å²) in [4.78, 5) is 8.77. The summed E-state index contributed by atoms with van der Waals surface area (Å²) in [5.74, 6) is 2.39. The second-order valence-electron chi connectivity index (χ2n) is 6.09. The number of rotatable bonds is 5. The summed E-state index contributed by atoms with van der Waals surface area (Å²) < 4.78 is 0. The van der Waals surface area contributed by atoms with Crippen LogP contribution in [0.5, 0.6) is 0 Å². The number of aromatic nitrogens is 2. The van der Waals surface area contributed by atoms with E-state index in [-0.39, 0.29) is 0 Å². The number of nitrogens with zero attached hydrogens (tertiary/aromatic N) is 2. The Morgan fingerprint density at radius 3 is 2.74 bits per heavy atom. The highest BCUT2D eigenvalue weighted by Crippen LogP contribution is 2.39. The van der Waals surface area contributed by atoms with Gasteiger partial charge in [0.15, 0.2) is 0 Å². The van der Waals surface area contributed by atoms with E-state index in [0.29, 0.717) is 12.0 Å². The topological polar surface area (TPSA) is 37.8 Å². The van der Waals surface area contributed by atoms with Crippen molar-refractivity contribution in [2.45, 2.75) is 52.5 Å². The lowest BCUT2D eigenvalue weighted by molar-refractivity contribution is 0.169. The molecule has 4 unspecified atom stereocenters. The van der Waals surface area contributed by atoms with Gasteiger partial charge in [0.1, 0.15) is 0 Å². The third-order valence-corrected chi connectivity index (χ3v) is 4.63. The molecular formula is C16H27N3. The Labute approximate surface area is 117 Å². The van der Waals surface area contributed by atoms with Crippen LogP contribution in [0.15, 0.2) is 18.6 Å². The van der Waals surface area contributed by atoms with Crippen LogP contribution < -0.4 is 5.32 Å². The number of nitrogens with one attached hydrogen (secondary N) is 1. The minimum absolute atomic E-state index is 0.378. The summed E-state index contributed by atoms with van der Waals surface area (Å²) in [6.45, 7) is 8.05. The first-order valence-electron chi connectivity index (χ1n) is 7.71. The van der Waals surface area contributed by atoms with Crippen LogP contribution in [0.4, 0.5) is 0 Å². The average molecular weight is 261 g/mol. The van der Waals surface area contributed by atoms with Gasteiger partial charge < -0.3 is 5.32 Å². The molecular weight excluding hydrogens is 234 g/mol. The predicted molar refractivity (Wildman–Crippen MR) is 78.7 cm³/mol. The standard InChI is InChI=1S/C16H27N3/c1-4-7-19-16(15-11-17-8-9-18-15)14-6-5-12(2)13(3)10-14/h8-9,11-14,16,19H,4-7,10H2,1-3H3. The molecule has 1 aliphatic rings. The van der Waals surface area contributed by atoms with E-state index in [4.69, 9.17) is 0 Å². The average Bonchev–Trinajstić information content (AvgIpc) is 2.44. The van der Waals surface area contributed by atoms with Crippen LogP contribution in [0.25, 0.3) is 0 Å². The Hall–Kier alpha value is -0.960. The van der Waals surface area contributed by atoms with E-state index in [2.05, 4.69) is 36.1 Å². The summed E-state index contributed by atoms with van der Waals surface area (Å²) in [6.07, 6.45) is 10.6. The second kappa shape index (κ2) is 6.99. The SMILES string of the molecule is CCCNC(c1cnccn1)C1CCC(C)C(C)C1. The van der Waals surface area contributed by atoms with Crippen molar-refractivity contribution in [1.82, 2.24) is 15.3 Å². The van der Waals surface area contributed by atoms with Crippen LogP contribution in [0.2, 0.25) is 0 Å². The molecule has 106 valence electrons. The third-order valence-electron chi connectivity index (χ3n) is 4.63. The first-order chi connectivity index (χ1) is 9.22. The smallest absolute Gasteiger partial charge is 0.0758 e. The van der Waals surface area contributed by atoms with Crippen LogP contribution in [0, 0.1) is 17.8 Å². The molecule has 0 spiro atoms. The minimum Gasteiger partial charge on any atom is -0.308 e. The molecule has 19 heavy (non-hydrogen) atoms. The molecule has 0 amide bonds. The van der Waals surface area contributed by atoms with Gasteiger partial charge in [0.2, 0.25) is 0 Å². The van der Waals surface area contributed by atoms with Crippen LogP contribution in [-0.2, 0) is 0 Å². The highest BCUT2D eigenvalue weighted by molar-refractivity contribution is 5.05. The van der Waals surface area contributed by atoms with Gasteiger partial charge in [-0.05, 0) is 43.6 Å². The fourth-order valence-electron chi connectivity index (χ4n) is 3.18. The molecule has 1 N–H and O–H groups in total. The predicted octanol–water partition coefficient (Wildman–Crippen LogP) is 3.59. The summed E-state index contributed by atoms with van der Waals surface area (Å²) in [7, 11) is 0. The Bertz CT molecular complexity index is 366. The molecule has 2 rings (SSSR count). The monoisotopic (exact) mass is 261 g/mol. The molecule has 1 aromatic rings. The van der Waals surface area contributed by atoms with Crippen molar-refractivity contribution >= 4 is 0 Å². The highest BCUT2D eigenvalue weighted by atomic mass is 15.0. The third kappa shape index (κ3) is 3.75. The van der Waals surface area contributed by atoms with Gasteiger partial charge in [0.25, 0.3) is 0 Å². The van der Waals surface area contributed by atoms with Gasteiger partial charge in [-0.3, -0.25) is 9.97 Å². The van der Waals surface area contributed by atoms with Gasteiger partial charge in [-0.15, -0.1) is 0 Å². The fourth-order valence-corrected chi connectivity index (χ4v) is 3.18. The summed E-state index contributed by atoms with van der Waals surface area (Å²) in [6, 6.07) is 0.378. The zero-order valence-electron chi connectivity index (χ0n) is 12.5. The van der Waals surface area contributed by atoms with Crippen molar-refractivity contribution in [3.05, 3.63) is 24.3 Å². The molecule has 4 atom stereocenters. The van der Waals surface area contributed by atoms with Gasteiger partial charge in [-0.2, -0.15) is 0 Å². The normalized spacial score (nSPS) is 29.1. The highest BCUT2D eigenvalue weighted by Gasteiger charge is 2.31. The van der Waals surface area contributed by atoms with E-state index in [1.807, 2.05) is 12.4 Å². The van der Waals surface area contributed by atoms with Crippen molar-refractivity contribution in [3.8, 4) is 0 Å². The van der Waals surface area contributed by atoms with Crippen LogP contribution in [-0.4, -0.2) is 16.5 Å². The molecule has 0 aromatic carbocycles. The second-order valence-corrected chi connectivity index (χ2v) is 6.09. The molecule has 0 radical (unpaired) electrons. The lowest BCUT2D eigenvalue weighted by Crippen LogP contribution is -2.34. The molecule has 3 heteroatoms. The Morgan fingerprint density at radius 1 is 1.26 bits per heavy atom. The lowest BCUT2D eigenvalue weighted by Gasteiger charge is -2.36. The van der Waals surface area contributed by atoms with E-state index in [1.54, 1.807) is 6.20 Å². The molecule has 0 aliphatic heterocycles. The first kappa shape index (κ1) is 14.4. The van der Waals surface area contributed by atoms with Gasteiger partial charge in [-0.1, -0.05) is 27.2 Å². The number of hydrogen-bond donors (Lipinski definition) is 1. The Balaban J connectivity index is 2.09. The minimum atomic E-state index is 0.378. The maximum Gasteiger partial charge on any atom is 0.0758 e. The van der Waals surface area contributed by atoms with Gasteiger partial charge in [0.05, 0.1) is 11.7 Å². The summed E-state index contributed by atoms with van der Waals surface area (Å²) in [5, 5.41) is 3.69. The van der Waals surface area contributed by atoms with Crippen molar-refractivity contribution < 1.29 is 0 Å². The summed E-state index contributed by atoms with van der Waals surface area (Å²) >= 11 is 0. The van der Waals surface area contributed by atoms with Gasteiger partial charge >= 0.3 is 0 Å². The largest absolute Gasteiger partial charge is 0.308 e. The molecule has 1 aromatic heterocycles. The molecule has 0 bridgehead atoms.